The van der Waals surface area contributed by atoms with Gasteiger partial charge in [0.25, 0.3) is 0 Å². The molecule has 1 aromatic rings. The molecule has 2 heteroatoms. The minimum atomic E-state index is 0.171. The van der Waals surface area contributed by atoms with Crippen LogP contribution in [-0.4, -0.2) is 11.9 Å². The number of nitrogens with one attached hydrogen (secondary N) is 1. The van der Waals surface area contributed by atoms with Gasteiger partial charge in [0.05, 0.1) is 12.0 Å². The van der Waals surface area contributed by atoms with Gasteiger partial charge in [-0.15, -0.1) is 0 Å². The summed E-state index contributed by atoms with van der Waals surface area (Å²) in [6.07, 6.45) is 5.05. The fourth-order valence-corrected chi connectivity index (χ4v) is 1.84. The lowest BCUT2D eigenvalue weighted by Crippen LogP contribution is -2.56. The maximum atomic E-state index is 11.1. The number of benzene rings is 1. The SMILES string of the molecule is CC[C@H]1C(=O)N[C@@H]1/C=C/c1ccccc1. The van der Waals surface area contributed by atoms with Crippen LogP contribution >= 0.6 is 0 Å². The van der Waals surface area contributed by atoms with Crippen molar-refractivity contribution in [3.8, 4) is 0 Å². The zero-order valence-electron chi connectivity index (χ0n) is 8.81. The molecule has 1 N–H and O–H groups in total. The van der Waals surface area contributed by atoms with Crippen molar-refractivity contribution in [1.29, 1.82) is 0 Å². The van der Waals surface area contributed by atoms with E-state index in [1.54, 1.807) is 0 Å². The predicted octanol–water partition coefficient (Wildman–Crippen LogP) is 2.22. The first-order valence-electron chi connectivity index (χ1n) is 5.35. The topological polar surface area (TPSA) is 29.1 Å². The molecule has 1 aliphatic rings. The third-order valence-electron chi connectivity index (χ3n) is 2.81. The number of β-lactam (4-membered cyclic amide) rings is 1. The van der Waals surface area contributed by atoms with Gasteiger partial charge in [0.15, 0.2) is 0 Å². The molecule has 1 aliphatic heterocycles. The molecule has 1 amide bonds. The van der Waals surface area contributed by atoms with Gasteiger partial charge in [-0.25, -0.2) is 0 Å². The van der Waals surface area contributed by atoms with Crippen LogP contribution in [0.3, 0.4) is 0 Å². The molecule has 2 nitrogen and oxygen atoms in total. The van der Waals surface area contributed by atoms with E-state index in [1.165, 1.54) is 5.56 Å². The maximum Gasteiger partial charge on any atom is 0.225 e. The second kappa shape index (κ2) is 4.30. The number of rotatable bonds is 3. The van der Waals surface area contributed by atoms with E-state index in [2.05, 4.69) is 29.6 Å². The molecule has 2 atom stereocenters. The van der Waals surface area contributed by atoms with Crippen molar-refractivity contribution in [2.45, 2.75) is 19.4 Å². The van der Waals surface area contributed by atoms with Crippen molar-refractivity contribution in [2.75, 3.05) is 0 Å². The maximum absolute atomic E-state index is 11.1. The van der Waals surface area contributed by atoms with E-state index in [0.29, 0.717) is 0 Å². The summed E-state index contributed by atoms with van der Waals surface area (Å²) in [4.78, 5) is 11.1. The molecule has 1 aromatic carbocycles. The summed E-state index contributed by atoms with van der Waals surface area (Å²) >= 11 is 0. The second-order valence-electron chi connectivity index (χ2n) is 3.82. The van der Waals surface area contributed by atoms with Crippen LogP contribution < -0.4 is 5.32 Å². The minimum Gasteiger partial charge on any atom is -0.349 e. The van der Waals surface area contributed by atoms with Crippen LogP contribution in [0.1, 0.15) is 18.9 Å². The molecule has 2 rings (SSSR count). The normalized spacial score (nSPS) is 25.0. The summed E-state index contributed by atoms with van der Waals surface area (Å²) in [6.45, 7) is 2.05. The molecule has 0 saturated carbocycles. The third kappa shape index (κ3) is 2.09. The van der Waals surface area contributed by atoms with Gasteiger partial charge in [0, 0.05) is 0 Å². The average molecular weight is 201 g/mol. The Morgan fingerprint density at radius 3 is 2.67 bits per heavy atom. The quantitative estimate of drug-likeness (QED) is 0.746. The Morgan fingerprint density at radius 2 is 2.07 bits per heavy atom. The summed E-state index contributed by atoms with van der Waals surface area (Å²) in [6, 6.07) is 10.3. The highest BCUT2D eigenvalue weighted by Crippen LogP contribution is 2.20. The zero-order chi connectivity index (χ0) is 10.7. The molecular weight excluding hydrogens is 186 g/mol. The van der Waals surface area contributed by atoms with Gasteiger partial charge in [0.1, 0.15) is 0 Å². The predicted molar refractivity (Wildman–Crippen MR) is 61.2 cm³/mol. The van der Waals surface area contributed by atoms with Crippen LogP contribution in [0.25, 0.3) is 6.08 Å². The Bertz CT molecular complexity index is 369. The Labute approximate surface area is 90.0 Å². The van der Waals surface area contributed by atoms with Crippen molar-refractivity contribution in [2.24, 2.45) is 5.92 Å². The van der Waals surface area contributed by atoms with Gasteiger partial charge in [0.2, 0.25) is 5.91 Å². The molecule has 1 fully saturated rings. The smallest absolute Gasteiger partial charge is 0.225 e. The molecular formula is C13H15NO. The average Bonchev–Trinajstić information content (AvgIpc) is 2.26. The lowest BCUT2D eigenvalue weighted by molar-refractivity contribution is -0.133. The van der Waals surface area contributed by atoms with E-state index in [-0.39, 0.29) is 17.9 Å². The van der Waals surface area contributed by atoms with Gasteiger partial charge in [-0.2, -0.15) is 0 Å². The summed E-state index contributed by atoms with van der Waals surface area (Å²) in [5, 5.41) is 2.89. The fourth-order valence-electron chi connectivity index (χ4n) is 1.84. The van der Waals surface area contributed by atoms with Gasteiger partial charge in [-0.3, -0.25) is 4.79 Å². The molecule has 1 heterocycles. The number of amides is 1. The summed E-state index contributed by atoms with van der Waals surface area (Å²) in [5.74, 6) is 0.352. The van der Waals surface area contributed by atoms with Crippen LogP contribution in [0.4, 0.5) is 0 Å². The van der Waals surface area contributed by atoms with Crippen molar-refractivity contribution in [3.05, 3.63) is 42.0 Å². The van der Waals surface area contributed by atoms with Gasteiger partial charge in [-0.1, -0.05) is 49.4 Å². The molecule has 0 radical (unpaired) electrons. The fraction of sp³-hybridized carbons (Fsp3) is 0.308. The van der Waals surface area contributed by atoms with E-state index in [9.17, 15) is 4.79 Å². The standard InChI is InChI=1S/C13H15NO/c1-2-11-12(14-13(11)15)9-8-10-6-4-3-5-7-10/h3-9,11-12H,2H2,1H3,(H,14,15)/b9-8+/t11-,12-/m1/s1. The van der Waals surface area contributed by atoms with Crippen molar-refractivity contribution < 1.29 is 4.79 Å². The van der Waals surface area contributed by atoms with Crippen LogP contribution in [0, 0.1) is 5.92 Å². The number of hydrogen-bond donors (Lipinski definition) is 1. The summed E-state index contributed by atoms with van der Waals surface area (Å²) in [5.41, 5.74) is 1.17. The molecule has 1 saturated heterocycles. The van der Waals surface area contributed by atoms with Crippen LogP contribution in [0.15, 0.2) is 36.4 Å². The lowest BCUT2D eigenvalue weighted by Gasteiger charge is -2.34. The summed E-state index contributed by atoms with van der Waals surface area (Å²) < 4.78 is 0. The molecule has 0 aromatic heterocycles. The summed E-state index contributed by atoms with van der Waals surface area (Å²) in [7, 11) is 0. The lowest BCUT2D eigenvalue weighted by atomic mass is 9.87. The van der Waals surface area contributed by atoms with Crippen LogP contribution in [0.5, 0.6) is 0 Å². The molecule has 0 unspecified atom stereocenters. The number of hydrogen-bond acceptors (Lipinski definition) is 1. The highest BCUT2D eigenvalue weighted by atomic mass is 16.2. The first-order chi connectivity index (χ1) is 7.31. The van der Waals surface area contributed by atoms with Gasteiger partial charge >= 0.3 is 0 Å². The van der Waals surface area contributed by atoms with Crippen molar-refractivity contribution >= 4 is 12.0 Å². The van der Waals surface area contributed by atoms with E-state index in [0.717, 1.165) is 6.42 Å². The Kier molecular flexibility index (Phi) is 2.86. The highest BCUT2D eigenvalue weighted by molar-refractivity contribution is 5.86. The molecule has 0 spiro atoms. The Balaban J connectivity index is 1.98. The highest BCUT2D eigenvalue weighted by Gasteiger charge is 2.35. The van der Waals surface area contributed by atoms with Crippen LogP contribution in [0.2, 0.25) is 0 Å². The van der Waals surface area contributed by atoms with Crippen molar-refractivity contribution in [1.82, 2.24) is 5.32 Å². The molecule has 78 valence electrons. The zero-order valence-corrected chi connectivity index (χ0v) is 8.81. The monoisotopic (exact) mass is 201 g/mol. The number of carbonyl (C=O) groups is 1. The van der Waals surface area contributed by atoms with E-state index in [4.69, 9.17) is 0 Å². The number of carbonyl (C=O) groups excluding carboxylic acids is 1. The molecule has 0 bridgehead atoms. The third-order valence-corrected chi connectivity index (χ3v) is 2.81. The van der Waals surface area contributed by atoms with Gasteiger partial charge < -0.3 is 5.32 Å². The van der Waals surface area contributed by atoms with Crippen molar-refractivity contribution in [3.63, 3.8) is 0 Å². The van der Waals surface area contributed by atoms with E-state index in [1.807, 2.05) is 25.1 Å². The Hall–Kier alpha value is -1.57. The first-order valence-corrected chi connectivity index (χ1v) is 5.35. The van der Waals surface area contributed by atoms with E-state index < -0.39 is 0 Å². The second-order valence-corrected chi connectivity index (χ2v) is 3.82. The van der Waals surface area contributed by atoms with E-state index >= 15 is 0 Å². The van der Waals surface area contributed by atoms with Gasteiger partial charge in [-0.05, 0) is 12.0 Å². The minimum absolute atomic E-state index is 0.171. The Morgan fingerprint density at radius 1 is 1.33 bits per heavy atom. The molecule has 15 heavy (non-hydrogen) atoms. The largest absolute Gasteiger partial charge is 0.349 e. The first kappa shape index (κ1) is 9.97. The van der Waals surface area contributed by atoms with Crippen LogP contribution in [-0.2, 0) is 4.79 Å². The molecule has 0 aliphatic carbocycles.